The molecular weight excluding hydrogens is 312 g/mol. The van der Waals surface area contributed by atoms with Gasteiger partial charge in [0.2, 0.25) is 0 Å². The summed E-state index contributed by atoms with van der Waals surface area (Å²) >= 11 is 0. The molecule has 132 valence electrons. The molecule has 0 aromatic heterocycles. The first-order chi connectivity index (χ1) is 12.3. The standard InChI is InChI=1S/C21H26N2O2/c1-24-21-11-19(25-15-16-5-3-2-4-6-16)8-7-18(21)13-23-12-17-9-10-22-20(17)14-23/h2-8,11,17,20,22H,9-10,12-15H2,1H3/t17-,20+/m0/s1. The van der Waals surface area contributed by atoms with Gasteiger partial charge in [0.1, 0.15) is 18.1 Å². The van der Waals surface area contributed by atoms with Crippen LogP contribution in [0, 0.1) is 5.92 Å². The molecular formula is C21H26N2O2. The molecule has 0 saturated carbocycles. The van der Waals surface area contributed by atoms with E-state index in [4.69, 9.17) is 9.47 Å². The normalized spacial score (nSPS) is 22.8. The van der Waals surface area contributed by atoms with Gasteiger partial charge >= 0.3 is 0 Å². The van der Waals surface area contributed by atoms with E-state index >= 15 is 0 Å². The number of methoxy groups -OCH3 is 1. The molecule has 2 fully saturated rings. The second kappa shape index (κ2) is 7.46. The molecule has 0 amide bonds. The van der Waals surface area contributed by atoms with E-state index in [-0.39, 0.29) is 0 Å². The van der Waals surface area contributed by atoms with E-state index in [2.05, 4.69) is 34.5 Å². The molecule has 2 aromatic rings. The van der Waals surface area contributed by atoms with Crippen LogP contribution in [0.3, 0.4) is 0 Å². The van der Waals surface area contributed by atoms with Crippen molar-refractivity contribution in [2.24, 2.45) is 5.92 Å². The number of fused-ring (bicyclic) bond motifs is 1. The van der Waals surface area contributed by atoms with Crippen molar-refractivity contribution in [1.29, 1.82) is 0 Å². The highest BCUT2D eigenvalue weighted by Gasteiger charge is 2.35. The lowest BCUT2D eigenvalue weighted by Crippen LogP contribution is -2.30. The molecule has 0 aliphatic carbocycles. The van der Waals surface area contributed by atoms with Crippen molar-refractivity contribution in [3.63, 3.8) is 0 Å². The van der Waals surface area contributed by atoms with Gasteiger partial charge in [-0.1, -0.05) is 36.4 Å². The Morgan fingerprint density at radius 2 is 2.00 bits per heavy atom. The number of likely N-dealkylation sites (tertiary alicyclic amines) is 1. The van der Waals surface area contributed by atoms with Crippen LogP contribution in [0.15, 0.2) is 48.5 Å². The largest absolute Gasteiger partial charge is 0.496 e. The van der Waals surface area contributed by atoms with Crippen LogP contribution in [0.4, 0.5) is 0 Å². The third kappa shape index (κ3) is 3.80. The van der Waals surface area contributed by atoms with Crippen LogP contribution < -0.4 is 14.8 Å². The molecule has 0 unspecified atom stereocenters. The van der Waals surface area contributed by atoms with Crippen LogP contribution in [0.25, 0.3) is 0 Å². The van der Waals surface area contributed by atoms with Gasteiger partial charge in [0.25, 0.3) is 0 Å². The van der Waals surface area contributed by atoms with Crippen LogP contribution in [-0.4, -0.2) is 37.7 Å². The van der Waals surface area contributed by atoms with E-state index in [0.29, 0.717) is 12.6 Å². The molecule has 2 heterocycles. The van der Waals surface area contributed by atoms with E-state index in [1.807, 2.05) is 24.3 Å². The monoisotopic (exact) mass is 338 g/mol. The summed E-state index contributed by atoms with van der Waals surface area (Å²) in [5, 5.41) is 3.61. The summed E-state index contributed by atoms with van der Waals surface area (Å²) in [6, 6.07) is 17.1. The van der Waals surface area contributed by atoms with Crippen LogP contribution in [0.1, 0.15) is 17.5 Å². The summed E-state index contributed by atoms with van der Waals surface area (Å²) in [6.07, 6.45) is 1.31. The van der Waals surface area contributed by atoms with Crippen LogP contribution in [0.5, 0.6) is 11.5 Å². The molecule has 4 heteroatoms. The van der Waals surface area contributed by atoms with E-state index in [9.17, 15) is 0 Å². The summed E-state index contributed by atoms with van der Waals surface area (Å²) in [7, 11) is 1.74. The molecule has 2 saturated heterocycles. The number of hydrogen-bond acceptors (Lipinski definition) is 4. The number of hydrogen-bond donors (Lipinski definition) is 1. The van der Waals surface area contributed by atoms with Crippen molar-refractivity contribution >= 4 is 0 Å². The Bertz CT molecular complexity index is 692. The van der Waals surface area contributed by atoms with Crippen molar-refractivity contribution in [3.8, 4) is 11.5 Å². The number of nitrogens with one attached hydrogen (secondary N) is 1. The molecule has 0 spiro atoms. The lowest BCUT2D eigenvalue weighted by molar-refractivity contribution is 0.293. The topological polar surface area (TPSA) is 33.7 Å². The lowest BCUT2D eigenvalue weighted by Gasteiger charge is -2.19. The number of benzene rings is 2. The van der Waals surface area contributed by atoms with E-state index in [0.717, 1.165) is 30.5 Å². The van der Waals surface area contributed by atoms with Gasteiger partial charge in [-0.15, -0.1) is 0 Å². The first-order valence-corrected chi connectivity index (χ1v) is 9.11. The van der Waals surface area contributed by atoms with Crippen molar-refractivity contribution in [2.75, 3.05) is 26.7 Å². The average molecular weight is 338 g/mol. The molecule has 1 N–H and O–H groups in total. The van der Waals surface area contributed by atoms with Gasteiger partial charge in [-0.2, -0.15) is 0 Å². The van der Waals surface area contributed by atoms with Gasteiger partial charge in [0.15, 0.2) is 0 Å². The molecule has 25 heavy (non-hydrogen) atoms. The van der Waals surface area contributed by atoms with Crippen molar-refractivity contribution < 1.29 is 9.47 Å². The Morgan fingerprint density at radius 1 is 1.12 bits per heavy atom. The number of rotatable bonds is 6. The molecule has 4 nitrogen and oxygen atoms in total. The first-order valence-electron chi connectivity index (χ1n) is 9.11. The maximum Gasteiger partial charge on any atom is 0.127 e. The average Bonchev–Trinajstić information content (AvgIpc) is 3.23. The zero-order chi connectivity index (χ0) is 17.1. The fourth-order valence-corrected chi connectivity index (χ4v) is 3.99. The van der Waals surface area contributed by atoms with Gasteiger partial charge in [0.05, 0.1) is 7.11 Å². The second-order valence-electron chi connectivity index (χ2n) is 7.05. The fraction of sp³-hybridized carbons (Fsp3) is 0.429. The Hall–Kier alpha value is -2.04. The summed E-state index contributed by atoms with van der Waals surface area (Å²) in [6.45, 7) is 5.02. The minimum atomic E-state index is 0.574. The Balaban J connectivity index is 1.39. The van der Waals surface area contributed by atoms with Crippen molar-refractivity contribution in [2.45, 2.75) is 25.6 Å². The third-order valence-corrected chi connectivity index (χ3v) is 5.34. The van der Waals surface area contributed by atoms with E-state index in [1.54, 1.807) is 7.11 Å². The molecule has 2 aliphatic heterocycles. The first kappa shape index (κ1) is 16.4. The Morgan fingerprint density at radius 3 is 2.80 bits per heavy atom. The van der Waals surface area contributed by atoms with Gasteiger partial charge < -0.3 is 14.8 Å². The van der Waals surface area contributed by atoms with Crippen molar-refractivity contribution in [3.05, 3.63) is 59.7 Å². The summed E-state index contributed by atoms with van der Waals surface area (Å²) in [4.78, 5) is 2.53. The van der Waals surface area contributed by atoms with Gasteiger partial charge in [-0.25, -0.2) is 0 Å². The van der Waals surface area contributed by atoms with Gasteiger partial charge in [-0.05, 0) is 30.5 Å². The van der Waals surface area contributed by atoms with E-state index in [1.165, 1.54) is 30.6 Å². The van der Waals surface area contributed by atoms with Crippen LogP contribution in [-0.2, 0) is 13.2 Å². The predicted octanol–water partition coefficient (Wildman–Crippen LogP) is 3.07. The smallest absolute Gasteiger partial charge is 0.127 e. The maximum atomic E-state index is 5.92. The Labute approximate surface area is 149 Å². The molecule has 2 aliphatic rings. The predicted molar refractivity (Wildman–Crippen MR) is 98.9 cm³/mol. The highest BCUT2D eigenvalue weighted by atomic mass is 16.5. The lowest BCUT2D eigenvalue weighted by atomic mass is 10.1. The van der Waals surface area contributed by atoms with Crippen LogP contribution in [0.2, 0.25) is 0 Å². The quantitative estimate of drug-likeness (QED) is 0.878. The minimum absolute atomic E-state index is 0.574. The molecule has 0 radical (unpaired) electrons. The van der Waals surface area contributed by atoms with Gasteiger partial charge in [-0.3, -0.25) is 4.90 Å². The number of ether oxygens (including phenoxy) is 2. The Kier molecular flexibility index (Phi) is 4.90. The summed E-state index contributed by atoms with van der Waals surface area (Å²) in [5.41, 5.74) is 2.40. The van der Waals surface area contributed by atoms with E-state index < -0.39 is 0 Å². The molecule has 0 bridgehead atoms. The highest BCUT2D eigenvalue weighted by molar-refractivity contribution is 5.41. The zero-order valence-electron chi connectivity index (χ0n) is 14.8. The molecule has 2 aromatic carbocycles. The second-order valence-corrected chi connectivity index (χ2v) is 7.05. The summed E-state index contributed by atoms with van der Waals surface area (Å²) < 4.78 is 11.5. The minimum Gasteiger partial charge on any atom is -0.496 e. The van der Waals surface area contributed by atoms with Gasteiger partial charge in [0, 0.05) is 37.3 Å². The molecule has 2 atom stereocenters. The maximum absolute atomic E-state index is 5.92. The highest BCUT2D eigenvalue weighted by Crippen LogP contribution is 2.30. The van der Waals surface area contributed by atoms with Crippen LogP contribution >= 0.6 is 0 Å². The SMILES string of the molecule is COc1cc(OCc2ccccc2)ccc1CN1C[C@@H]2CCN[C@@H]2C1. The summed E-state index contributed by atoms with van der Waals surface area (Å²) in [5.74, 6) is 2.58. The molecule has 4 rings (SSSR count). The zero-order valence-corrected chi connectivity index (χ0v) is 14.8. The third-order valence-electron chi connectivity index (χ3n) is 5.34. The van der Waals surface area contributed by atoms with Crippen molar-refractivity contribution in [1.82, 2.24) is 10.2 Å². The fourth-order valence-electron chi connectivity index (χ4n) is 3.99. The number of nitrogens with zero attached hydrogens (tertiary/aromatic N) is 1.